The number of rotatable bonds is 3. The van der Waals surface area contributed by atoms with E-state index in [9.17, 15) is 18.0 Å². The Hall–Kier alpha value is -2.09. The topological polar surface area (TPSA) is 78.0 Å². The highest BCUT2D eigenvalue weighted by Gasteiger charge is 2.29. The molecule has 2 fully saturated rings. The van der Waals surface area contributed by atoms with E-state index in [1.54, 1.807) is 34.1 Å². The quantitative estimate of drug-likeness (QED) is 0.798. The molecular formula is C17H23N3O4S. The van der Waals surface area contributed by atoms with Crippen LogP contribution >= 0.6 is 0 Å². The molecule has 0 N–H and O–H groups in total. The fourth-order valence-electron chi connectivity index (χ4n) is 3.26. The van der Waals surface area contributed by atoms with Crippen LogP contribution in [0.15, 0.2) is 24.3 Å². The van der Waals surface area contributed by atoms with Crippen LogP contribution in [-0.4, -0.2) is 68.5 Å². The van der Waals surface area contributed by atoms with Gasteiger partial charge < -0.3 is 9.80 Å². The molecule has 25 heavy (non-hydrogen) atoms. The lowest BCUT2D eigenvalue weighted by molar-refractivity contribution is -0.132. The second-order valence-electron chi connectivity index (χ2n) is 6.32. The first-order valence-electron chi connectivity index (χ1n) is 8.60. The SMILES string of the molecule is CCC(=O)N1CCN(C(=O)c2ccc(N3CCCS3(=O)=O)cc2)CC1. The molecule has 0 bridgehead atoms. The lowest BCUT2D eigenvalue weighted by Gasteiger charge is -2.34. The molecule has 0 unspecified atom stereocenters. The molecule has 7 nitrogen and oxygen atoms in total. The molecule has 1 aromatic rings. The molecular weight excluding hydrogens is 342 g/mol. The van der Waals surface area contributed by atoms with Gasteiger partial charge in [0.25, 0.3) is 5.91 Å². The first kappa shape index (κ1) is 17.7. The normalized spacial score (nSPS) is 20.0. The predicted molar refractivity (Wildman–Crippen MR) is 95.0 cm³/mol. The van der Waals surface area contributed by atoms with Crippen molar-refractivity contribution in [1.82, 2.24) is 9.80 Å². The third-order valence-corrected chi connectivity index (χ3v) is 6.59. The zero-order chi connectivity index (χ0) is 18.0. The number of benzene rings is 1. The van der Waals surface area contributed by atoms with E-state index in [-0.39, 0.29) is 17.6 Å². The van der Waals surface area contributed by atoms with E-state index in [1.165, 1.54) is 4.31 Å². The van der Waals surface area contributed by atoms with Gasteiger partial charge >= 0.3 is 0 Å². The van der Waals surface area contributed by atoms with Gasteiger partial charge in [-0.2, -0.15) is 0 Å². The summed E-state index contributed by atoms with van der Waals surface area (Å²) in [5.41, 5.74) is 1.14. The number of nitrogens with zero attached hydrogens (tertiary/aromatic N) is 3. The van der Waals surface area contributed by atoms with Gasteiger partial charge in [-0.05, 0) is 30.7 Å². The van der Waals surface area contributed by atoms with Gasteiger partial charge in [0, 0.05) is 44.7 Å². The van der Waals surface area contributed by atoms with Crippen LogP contribution in [0.2, 0.25) is 0 Å². The Kier molecular flexibility index (Phi) is 4.99. The molecule has 0 radical (unpaired) electrons. The van der Waals surface area contributed by atoms with E-state index in [0.29, 0.717) is 56.8 Å². The zero-order valence-electron chi connectivity index (χ0n) is 14.3. The summed E-state index contributed by atoms with van der Waals surface area (Å²) in [5.74, 6) is 0.205. The van der Waals surface area contributed by atoms with Crippen molar-refractivity contribution in [3.8, 4) is 0 Å². The summed E-state index contributed by atoms with van der Waals surface area (Å²) in [6.07, 6.45) is 1.11. The maximum atomic E-state index is 12.6. The summed E-state index contributed by atoms with van der Waals surface area (Å²) in [5, 5.41) is 0. The van der Waals surface area contributed by atoms with E-state index in [0.717, 1.165) is 0 Å². The molecule has 3 rings (SSSR count). The second-order valence-corrected chi connectivity index (χ2v) is 8.33. The van der Waals surface area contributed by atoms with Crippen LogP contribution in [0.25, 0.3) is 0 Å². The van der Waals surface area contributed by atoms with E-state index in [1.807, 2.05) is 6.92 Å². The summed E-state index contributed by atoms with van der Waals surface area (Å²) < 4.78 is 25.3. The van der Waals surface area contributed by atoms with Crippen LogP contribution in [-0.2, 0) is 14.8 Å². The van der Waals surface area contributed by atoms with Crippen LogP contribution in [0.4, 0.5) is 5.69 Å². The van der Waals surface area contributed by atoms with Gasteiger partial charge in [-0.15, -0.1) is 0 Å². The fraction of sp³-hybridized carbons (Fsp3) is 0.529. The Morgan fingerprint density at radius 1 is 0.960 bits per heavy atom. The Morgan fingerprint density at radius 2 is 1.56 bits per heavy atom. The number of sulfonamides is 1. The molecule has 0 aromatic heterocycles. The van der Waals surface area contributed by atoms with Gasteiger partial charge in [0.1, 0.15) is 0 Å². The van der Waals surface area contributed by atoms with Crippen LogP contribution in [0.3, 0.4) is 0 Å². The molecule has 2 amide bonds. The van der Waals surface area contributed by atoms with E-state index >= 15 is 0 Å². The number of amides is 2. The third-order valence-electron chi connectivity index (χ3n) is 4.72. The molecule has 2 heterocycles. The van der Waals surface area contributed by atoms with Gasteiger partial charge in [-0.25, -0.2) is 8.42 Å². The molecule has 2 aliphatic heterocycles. The van der Waals surface area contributed by atoms with Gasteiger partial charge in [-0.3, -0.25) is 13.9 Å². The largest absolute Gasteiger partial charge is 0.339 e. The van der Waals surface area contributed by atoms with E-state index in [4.69, 9.17) is 0 Å². The molecule has 2 aliphatic rings. The van der Waals surface area contributed by atoms with Crippen molar-refractivity contribution in [1.29, 1.82) is 0 Å². The first-order chi connectivity index (χ1) is 11.9. The van der Waals surface area contributed by atoms with E-state index < -0.39 is 10.0 Å². The summed E-state index contributed by atoms with van der Waals surface area (Å²) in [7, 11) is -3.21. The molecule has 136 valence electrons. The number of carbonyl (C=O) groups is 2. The molecule has 0 atom stereocenters. The number of anilines is 1. The summed E-state index contributed by atoms with van der Waals surface area (Å²) >= 11 is 0. The van der Waals surface area contributed by atoms with Gasteiger partial charge in [-0.1, -0.05) is 6.92 Å². The smallest absolute Gasteiger partial charge is 0.253 e. The summed E-state index contributed by atoms with van der Waals surface area (Å²) in [6.45, 7) is 4.48. The molecule has 0 saturated carbocycles. The van der Waals surface area contributed by atoms with Crippen molar-refractivity contribution in [3.05, 3.63) is 29.8 Å². The van der Waals surface area contributed by atoms with Crippen LogP contribution in [0, 0.1) is 0 Å². The Labute approximate surface area is 148 Å². The Bertz CT molecular complexity index is 753. The highest BCUT2D eigenvalue weighted by molar-refractivity contribution is 7.93. The van der Waals surface area contributed by atoms with Crippen molar-refractivity contribution in [2.24, 2.45) is 0 Å². The molecule has 2 saturated heterocycles. The first-order valence-corrected chi connectivity index (χ1v) is 10.2. The number of piperazine rings is 1. The Balaban J connectivity index is 1.65. The van der Waals surface area contributed by atoms with Crippen molar-refractivity contribution in [2.75, 3.05) is 42.8 Å². The third kappa shape index (κ3) is 3.63. The zero-order valence-corrected chi connectivity index (χ0v) is 15.2. The maximum absolute atomic E-state index is 12.6. The highest BCUT2D eigenvalue weighted by Crippen LogP contribution is 2.24. The predicted octanol–water partition coefficient (Wildman–Crippen LogP) is 0.921. The molecule has 0 aliphatic carbocycles. The van der Waals surface area contributed by atoms with Gasteiger partial charge in [0.05, 0.1) is 11.4 Å². The lowest BCUT2D eigenvalue weighted by Crippen LogP contribution is -2.50. The fourth-order valence-corrected chi connectivity index (χ4v) is 4.83. The van der Waals surface area contributed by atoms with Crippen LogP contribution in [0.5, 0.6) is 0 Å². The lowest BCUT2D eigenvalue weighted by atomic mass is 10.1. The number of carbonyl (C=O) groups excluding carboxylic acids is 2. The van der Waals surface area contributed by atoms with Crippen molar-refractivity contribution in [3.63, 3.8) is 0 Å². The number of hydrogen-bond acceptors (Lipinski definition) is 4. The average Bonchev–Trinajstić information content (AvgIpc) is 3.00. The van der Waals surface area contributed by atoms with Crippen LogP contribution < -0.4 is 4.31 Å². The van der Waals surface area contributed by atoms with Gasteiger partial charge in [0.15, 0.2) is 0 Å². The monoisotopic (exact) mass is 365 g/mol. The minimum atomic E-state index is -3.21. The van der Waals surface area contributed by atoms with Crippen molar-refractivity contribution < 1.29 is 18.0 Å². The van der Waals surface area contributed by atoms with Crippen molar-refractivity contribution >= 4 is 27.5 Å². The molecule has 0 spiro atoms. The summed E-state index contributed by atoms with van der Waals surface area (Å²) in [6, 6.07) is 6.73. The molecule has 8 heteroatoms. The Morgan fingerprint density at radius 3 is 2.08 bits per heavy atom. The second kappa shape index (κ2) is 7.03. The molecule has 1 aromatic carbocycles. The minimum Gasteiger partial charge on any atom is -0.339 e. The van der Waals surface area contributed by atoms with Crippen molar-refractivity contribution in [2.45, 2.75) is 19.8 Å². The maximum Gasteiger partial charge on any atom is 0.253 e. The standard InChI is InChI=1S/C17H23N3O4S/c1-2-16(21)18-9-11-19(12-10-18)17(22)14-4-6-15(7-5-14)20-8-3-13-25(20,23)24/h4-7H,2-3,8-13H2,1H3. The summed E-state index contributed by atoms with van der Waals surface area (Å²) in [4.78, 5) is 27.8. The van der Waals surface area contributed by atoms with Crippen LogP contribution in [0.1, 0.15) is 30.1 Å². The van der Waals surface area contributed by atoms with E-state index in [2.05, 4.69) is 0 Å². The minimum absolute atomic E-state index is 0.0839. The van der Waals surface area contributed by atoms with Gasteiger partial charge in [0.2, 0.25) is 15.9 Å². The average molecular weight is 365 g/mol. The highest BCUT2D eigenvalue weighted by atomic mass is 32.2. The number of hydrogen-bond donors (Lipinski definition) is 0.